The predicted octanol–water partition coefficient (Wildman–Crippen LogP) is 3.62. The summed E-state index contributed by atoms with van der Waals surface area (Å²) in [6.45, 7) is 8.75. The van der Waals surface area contributed by atoms with Gasteiger partial charge in [0.25, 0.3) is 0 Å². The molecule has 0 bridgehead atoms. The summed E-state index contributed by atoms with van der Waals surface area (Å²) >= 11 is 0. The van der Waals surface area contributed by atoms with Gasteiger partial charge in [0.1, 0.15) is 0 Å². The molecule has 1 heterocycles. The number of fused-ring (bicyclic) bond motifs is 1. The monoisotopic (exact) mass is 285 g/mol. The minimum absolute atomic E-state index is 0.547. The van der Waals surface area contributed by atoms with E-state index in [4.69, 9.17) is 5.10 Å². The quantitative estimate of drug-likeness (QED) is 0.842. The molecule has 1 N–H and O–H groups in total. The summed E-state index contributed by atoms with van der Waals surface area (Å²) in [5, 5.41) is 9.89. The van der Waals surface area contributed by atoms with E-state index in [2.05, 4.69) is 55.0 Å². The highest BCUT2D eigenvalue weighted by Crippen LogP contribution is 2.39. The molecular formula is C18H27N3. The third-order valence-electron chi connectivity index (χ3n) is 4.91. The van der Waals surface area contributed by atoms with Crippen molar-refractivity contribution in [3.63, 3.8) is 0 Å². The third kappa shape index (κ3) is 2.98. The van der Waals surface area contributed by atoms with Gasteiger partial charge >= 0.3 is 0 Å². The number of nitrogens with one attached hydrogen (secondary N) is 1. The van der Waals surface area contributed by atoms with Crippen molar-refractivity contribution in [1.29, 1.82) is 0 Å². The van der Waals surface area contributed by atoms with E-state index in [1.165, 1.54) is 29.4 Å². The molecule has 114 valence electrons. The van der Waals surface area contributed by atoms with E-state index in [0.29, 0.717) is 6.04 Å². The Balaban J connectivity index is 1.88. The topological polar surface area (TPSA) is 29.9 Å². The molecule has 0 spiro atoms. The normalized spacial score (nSPS) is 18.0. The summed E-state index contributed by atoms with van der Waals surface area (Å²) in [6.07, 6.45) is 3.86. The van der Waals surface area contributed by atoms with Crippen molar-refractivity contribution in [2.75, 3.05) is 6.54 Å². The van der Waals surface area contributed by atoms with Crippen LogP contribution in [0.2, 0.25) is 0 Å². The van der Waals surface area contributed by atoms with Crippen molar-refractivity contribution in [3.8, 4) is 0 Å². The first kappa shape index (κ1) is 14.6. The summed E-state index contributed by atoms with van der Waals surface area (Å²) in [7, 11) is 0. The number of nitrogens with zero attached hydrogens (tertiary/aromatic N) is 2. The largest absolute Gasteiger partial charge is 0.314 e. The van der Waals surface area contributed by atoms with E-state index in [9.17, 15) is 0 Å². The van der Waals surface area contributed by atoms with Crippen LogP contribution in [-0.2, 0) is 13.0 Å². The minimum Gasteiger partial charge on any atom is -0.314 e. The highest BCUT2D eigenvalue weighted by Gasteiger charge is 2.33. The predicted molar refractivity (Wildman–Crippen MR) is 88.5 cm³/mol. The molecule has 21 heavy (non-hydrogen) atoms. The second-order valence-corrected chi connectivity index (χ2v) is 6.34. The molecule has 1 aliphatic rings. The first-order chi connectivity index (χ1) is 10.2. The molecule has 1 aliphatic carbocycles. The van der Waals surface area contributed by atoms with Crippen molar-refractivity contribution < 1.29 is 0 Å². The Labute approximate surface area is 127 Å². The highest BCUT2D eigenvalue weighted by molar-refractivity contribution is 5.82. The SMILES string of the molecule is CCNC(Cc1nn(CC)c2ccccc12)C(C)C1CC1. The molecule has 1 aromatic heterocycles. The molecule has 3 nitrogen and oxygen atoms in total. The molecule has 1 aromatic carbocycles. The van der Waals surface area contributed by atoms with Crippen LogP contribution in [0.4, 0.5) is 0 Å². The fourth-order valence-electron chi connectivity index (χ4n) is 3.45. The summed E-state index contributed by atoms with van der Waals surface area (Å²) in [5.41, 5.74) is 2.52. The Bertz CT molecular complexity index is 598. The molecule has 0 amide bonds. The zero-order chi connectivity index (χ0) is 14.8. The summed E-state index contributed by atoms with van der Waals surface area (Å²) in [4.78, 5) is 0. The van der Waals surface area contributed by atoms with E-state index < -0.39 is 0 Å². The van der Waals surface area contributed by atoms with Crippen LogP contribution in [0.25, 0.3) is 10.9 Å². The number of aryl methyl sites for hydroxylation is 1. The number of hydrogen-bond acceptors (Lipinski definition) is 2. The minimum atomic E-state index is 0.547. The first-order valence-electron chi connectivity index (χ1n) is 8.42. The molecule has 3 heteroatoms. The molecule has 0 saturated heterocycles. The Hall–Kier alpha value is -1.35. The molecule has 2 aromatic rings. The van der Waals surface area contributed by atoms with E-state index >= 15 is 0 Å². The van der Waals surface area contributed by atoms with Crippen LogP contribution < -0.4 is 5.32 Å². The van der Waals surface area contributed by atoms with Gasteiger partial charge in [0.05, 0.1) is 11.2 Å². The lowest BCUT2D eigenvalue weighted by molar-refractivity contribution is 0.342. The average molecular weight is 285 g/mol. The molecule has 0 radical (unpaired) electrons. The van der Waals surface area contributed by atoms with Crippen molar-refractivity contribution >= 4 is 10.9 Å². The average Bonchev–Trinajstić information content (AvgIpc) is 3.30. The van der Waals surface area contributed by atoms with E-state index in [1.54, 1.807) is 0 Å². The fraction of sp³-hybridized carbons (Fsp3) is 0.611. The Morgan fingerprint density at radius 1 is 1.29 bits per heavy atom. The molecular weight excluding hydrogens is 258 g/mol. The van der Waals surface area contributed by atoms with Gasteiger partial charge in [-0.1, -0.05) is 32.0 Å². The number of rotatable bonds is 7. The summed E-state index contributed by atoms with van der Waals surface area (Å²) < 4.78 is 2.13. The second kappa shape index (κ2) is 6.18. The lowest BCUT2D eigenvalue weighted by Gasteiger charge is -2.24. The molecule has 2 atom stereocenters. The van der Waals surface area contributed by atoms with E-state index in [0.717, 1.165) is 31.3 Å². The van der Waals surface area contributed by atoms with Crippen LogP contribution in [0.15, 0.2) is 24.3 Å². The number of aromatic nitrogens is 2. The van der Waals surface area contributed by atoms with Gasteiger partial charge in [0.15, 0.2) is 0 Å². The van der Waals surface area contributed by atoms with Crippen molar-refractivity contribution in [1.82, 2.24) is 15.1 Å². The lowest BCUT2D eigenvalue weighted by atomic mass is 9.92. The zero-order valence-electron chi connectivity index (χ0n) is 13.5. The van der Waals surface area contributed by atoms with Crippen molar-refractivity contribution in [2.45, 2.75) is 52.6 Å². The van der Waals surface area contributed by atoms with Crippen LogP contribution in [0.1, 0.15) is 39.3 Å². The van der Waals surface area contributed by atoms with Crippen molar-refractivity contribution in [2.24, 2.45) is 11.8 Å². The molecule has 3 rings (SSSR count). The van der Waals surface area contributed by atoms with Gasteiger partial charge in [-0.15, -0.1) is 0 Å². The Morgan fingerprint density at radius 2 is 2.05 bits per heavy atom. The van der Waals surface area contributed by atoms with E-state index in [1.807, 2.05) is 0 Å². The molecule has 1 saturated carbocycles. The Kier molecular flexibility index (Phi) is 4.29. The van der Waals surface area contributed by atoms with E-state index in [-0.39, 0.29) is 0 Å². The van der Waals surface area contributed by atoms with Crippen LogP contribution in [0, 0.1) is 11.8 Å². The van der Waals surface area contributed by atoms with Crippen LogP contribution in [0.5, 0.6) is 0 Å². The molecule has 1 fully saturated rings. The first-order valence-corrected chi connectivity index (χ1v) is 8.42. The van der Waals surface area contributed by atoms with Crippen LogP contribution in [0.3, 0.4) is 0 Å². The smallest absolute Gasteiger partial charge is 0.0718 e. The maximum atomic E-state index is 4.87. The number of hydrogen-bond donors (Lipinski definition) is 1. The molecule has 2 unspecified atom stereocenters. The number of benzene rings is 1. The number of likely N-dealkylation sites (N-methyl/N-ethyl adjacent to an activating group) is 1. The highest BCUT2D eigenvalue weighted by atomic mass is 15.3. The maximum Gasteiger partial charge on any atom is 0.0718 e. The summed E-state index contributed by atoms with van der Waals surface area (Å²) in [6, 6.07) is 9.18. The van der Waals surface area contributed by atoms with Gasteiger partial charge in [-0.05, 0) is 44.2 Å². The lowest BCUT2D eigenvalue weighted by Crippen LogP contribution is -2.37. The van der Waals surface area contributed by atoms with Gasteiger partial charge in [-0.25, -0.2) is 0 Å². The third-order valence-corrected chi connectivity index (χ3v) is 4.91. The van der Waals surface area contributed by atoms with Gasteiger partial charge < -0.3 is 5.32 Å². The fourth-order valence-corrected chi connectivity index (χ4v) is 3.45. The van der Waals surface area contributed by atoms with Gasteiger partial charge in [-0.2, -0.15) is 5.10 Å². The molecule has 0 aliphatic heterocycles. The van der Waals surface area contributed by atoms with Crippen LogP contribution >= 0.6 is 0 Å². The van der Waals surface area contributed by atoms with Gasteiger partial charge in [-0.3, -0.25) is 4.68 Å². The van der Waals surface area contributed by atoms with Crippen molar-refractivity contribution in [3.05, 3.63) is 30.0 Å². The number of para-hydroxylation sites is 1. The zero-order valence-corrected chi connectivity index (χ0v) is 13.5. The summed E-state index contributed by atoms with van der Waals surface area (Å²) in [5.74, 6) is 1.67. The standard InChI is InChI=1S/C18H27N3/c1-4-19-16(13(3)14-10-11-14)12-17-15-8-6-7-9-18(15)21(5-2)20-17/h6-9,13-14,16,19H,4-5,10-12H2,1-3H3. The second-order valence-electron chi connectivity index (χ2n) is 6.34. The van der Waals surface area contributed by atoms with Gasteiger partial charge in [0, 0.05) is 24.4 Å². The van der Waals surface area contributed by atoms with Crippen LogP contribution in [-0.4, -0.2) is 22.4 Å². The van der Waals surface area contributed by atoms with Gasteiger partial charge in [0.2, 0.25) is 0 Å². The Morgan fingerprint density at radius 3 is 2.71 bits per heavy atom. The maximum absolute atomic E-state index is 4.87.